The highest BCUT2D eigenvalue weighted by molar-refractivity contribution is 4.82. The van der Waals surface area contributed by atoms with Crippen LogP contribution in [0.1, 0.15) is 52.9 Å². The molecule has 11 heavy (non-hydrogen) atoms. The number of nitrogens with two attached hydrogens (primary N) is 1. The number of hydrogen-bond acceptors (Lipinski definition) is 2. The van der Waals surface area contributed by atoms with Crippen molar-refractivity contribution in [3.05, 3.63) is 0 Å². The summed E-state index contributed by atoms with van der Waals surface area (Å²) in [6.45, 7) is 6.60. The van der Waals surface area contributed by atoms with Gasteiger partial charge in [0.25, 0.3) is 0 Å². The van der Waals surface area contributed by atoms with Gasteiger partial charge in [-0.05, 0) is 19.3 Å². The van der Waals surface area contributed by atoms with Gasteiger partial charge in [-0.25, -0.2) is 0 Å². The monoisotopic (exact) mass is 158 g/mol. The van der Waals surface area contributed by atoms with Crippen LogP contribution in [0.4, 0.5) is 0 Å². The lowest BCUT2D eigenvalue weighted by Gasteiger charge is -2.30. The Balaban J connectivity index is 3.84. The van der Waals surface area contributed by atoms with E-state index in [1.165, 1.54) is 19.3 Å². The zero-order chi connectivity index (χ0) is 8.74. The van der Waals surface area contributed by atoms with Crippen molar-refractivity contribution in [1.29, 1.82) is 0 Å². The quantitative estimate of drug-likeness (QED) is 0.459. The highest BCUT2D eigenvalue weighted by atomic mass is 15.3. The first-order chi connectivity index (χ1) is 5.24. The van der Waals surface area contributed by atoms with Crippen LogP contribution in [-0.2, 0) is 0 Å². The first kappa shape index (κ1) is 10.9. The third-order valence-electron chi connectivity index (χ3n) is 2.67. The van der Waals surface area contributed by atoms with E-state index in [1.807, 2.05) is 0 Å². The molecule has 0 aromatic rings. The fourth-order valence-corrected chi connectivity index (χ4v) is 1.40. The lowest BCUT2D eigenvalue weighted by Crippen LogP contribution is -2.48. The summed E-state index contributed by atoms with van der Waals surface area (Å²) >= 11 is 0. The third-order valence-corrected chi connectivity index (χ3v) is 2.67. The minimum Gasteiger partial charge on any atom is -0.271 e. The van der Waals surface area contributed by atoms with Crippen molar-refractivity contribution in [1.82, 2.24) is 5.43 Å². The summed E-state index contributed by atoms with van der Waals surface area (Å²) in [4.78, 5) is 0. The van der Waals surface area contributed by atoms with Gasteiger partial charge in [-0.15, -0.1) is 0 Å². The Kier molecular flexibility index (Phi) is 5.51. The molecule has 0 aromatic carbocycles. The Morgan fingerprint density at radius 2 is 1.73 bits per heavy atom. The van der Waals surface area contributed by atoms with Crippen LogP contribution in [0, 0.1) is 0 Å². The van der Waals surface area contributed by atoms with Crippen molar-refractivity contribution in [3.63, 3.8) is 0 Å². The maximum Gasteiger partial charge on any atom is 0.0316 e. The Hall–Kier alpha value is -0.0800. The van der Waals surface area contributed by atoms with Crippen LogP contribution in [-0.4, -0.2) is 5.54 Å². The van der Waals surface area contributed by atoms with Crippen molar-refractivity contribution in [2.75, 3.05) is 0 Å². The van der Waals surface area contributed by atoms with Gasteiger partial charge in [-0.2, -0.15) is 0 Å². The number of nitrogens with one attached hydrogen (secondary N) is 1. The van der Waals surface area contributed by atoms with Crippen LogP contribution in [0.25, 0.3) is 0 Å². The highest BCUT2D eigenvalue weighted by Gasteiger charge is 2.22. The van der Waals surface area contributed by atoms with Crippen LogP contribution in [0.3, 0.4) is 0 Å². The topological polar surface area (TPSA) is 38.0 Å². The lowest BCUT2D eigenvalue weighted by atomic mass is 9.88. The maximum atomic E-state index is 5.52. The molecule has 3 N–H and O–H groups in total. The molecule has 0 rings (SSSR count). The van der Waals surface area contributed by atoms with Crippen molar-refractivity contribution >= 4 is 0 Å². The molecule has 2 nitrogen and oxygen atoms in total. The van der Waals surface area contributed by atoms with Crippen LogP contribution in [0.5, 0.6) is 0 Å². The molecule has 0 amide bonds. The molecule has 0 atom stereocenters. The molecule has 0 aliphatic carbocycles. The van der Waals surface area contributed by atoms with Gasteiger partial charge in [0.2, 0.25) is 0 Å². The second-order valence-corrected chi connectivity index (χ2v) is 3.24. The summed E-state index contributed by atoms with van der Waals surface area (Å²) in [6.07, 6.45) is 5.97. The number of unbranched alkanes of at least 4 members (excludes halogenated alkanes) is 1. The molecule has 2 heteroatoms. The van der Waals surface area contributed by atoms with E-state index in [-0.39, 0.29) is 5.54 Å². The minimum absolute atomic E-state index is 0.204. The van der Waals surface area contributed by atoms with Gasteiger partial charge >= 0.3 is 0 Å². The largest absolute Gasteiger partial charge is 0.271 e. The van der Waals surface area contributed by atoms with Crippen molar-refractivity contribution < 1.29 is 0 Å². The molecule has 68 valence electrons. The fourth-order valence-electron chi connectivity index (χ4n) is 1.40. The summed E-state index contributed by atoms with van der Waals surface area (Å²) < 4.78 is 0. The Bertz CT molecular complexity index is 79.3. The first-order valence-electron chi connectivity index (χ1n) is 4.72. The van der Waals surface area contributed by atoms with Gasteiger partial charge in [-0.3, -0.25) is 11.3 Å². The van der Waals surface area contributed by atoms with Gasteiger partial charge in [0.05, 0.1) is 0 Å². The predicted molar refractivity (Wildman–Crippen MR) is 50.2 cm³/mol. The molecule has 0 heterocycles. The van der Waals surface area contributed by atoms with E-state index in [4.69, 9.17) is 5.84 Å². The van der Waals surface area contributed by atoms with Crippen LogP contribution in [0.2, 0.25) is 0 Å². The standard InChI is InChI=1S/C9H22N2/c1-4-7-8-9(5-2,6-3)11-10/h11H,4-8,10H2,1-3H3. The van der Waals surface area contributed by atoms with E-state index in [2.05, 4.69) is 26.2 Å². The summed E-state index contributed by atoms with van der Waals surface area (Å²) in [5, 5.41) is 0. The van der Waals surface area contributed by atoms with Gasteiger partial charge in [-0.1, -0.05) is 33.6 Å². The predicted octanol–water partition coefficient (Wildman–Crippen LogP) is 2.20. The summed E-state index contributed by atoms with van der Waals surface area (Å²) in [5.74, 6) is 5.52. The van der Waals surface area contributed by atoms with Gasteiger partial charge < -0.3 is 0 Å². The molecule has 0 unspecified atom stereocenters. The maximum absolute atomic E-state index is 5.52. The molecular formula is C9H22N2. The van der Waals surface area contributed by atoms with Crippen LogP contribution >= 0.6 is 0 Å². The Morgan fingerprint density at radius 3 is 2.00 bits per heavy atom. The molecule has 0 aliphatic heterocycles. The number of hydrogen-bond donors (Lipinski definition) is 2. The fraction of sp³-hybridized carbons (Fsp3) is 1.00. The molecule has 0 fully saturated rings. The van der Waals surface area contributed by atoms with E-state index in [1.54, 1.807) is 0 Å². The third kappa shape index (κ3) is 3.21. The van der Waals surface area contributed by atoms with E-state index in [9.17, 15) is 0 Å². The second-order valence-electron chi connectivity index (χ2n) is 3.24. The molecule has 0 aliphatic rings. The second kappa shape index (κ2) is 5.56. The van der Waals surface area contributed by atoms with E-state index in [0.29, 0.717) is 0 Å². The minimum atomic E-state index is 0.204. The molecule has 0 radical (unpaired) electrons. The zero-order valence-electron chi connectivity index (χ0n) is 8.11. The smallest absolute Gasteiger partial charge is 0.0316 e. The zero-order valence-corrected chi connectivity index (χ0v) is 8.11. The molecule has 0 spiro atoms. The number of hydrazine groups is 1. The molecule has 0 aromatic heterocycles. The van der Waals surface area contributed by atoms with Crippen molar-refractivity contribution in [2.24, 2.45) is 5.84 Å². The SMILES string of the molecule is CCCCC(CC)(CC)NN. The summed E-state index contributed by atoms with van der Waals surface area (Å²) in [5.41, 5.74) is 3.15. The first-order valence-corrected chi connectivity index (χ1v) is 4.72. The van der Waals surface area contributed by atoms with Crippen LogP contribution in [0.15, 0.2) is 0 Å². The molecule has 0 saturated heterocycles. The Morgan fingerprint density at radius 1 is 1.18 bits per heavy atom. The lowest BCUT2D eigenvalue weighted by molar-refractivity contribution is 0.276. The van der Waals surface area contributed by atoms with Gasteiger partial charge in [0, 0.05) is 5.54 Å². The van der Waals surface area contributed by atoms with E-state index < -0.39 is 0 Å². The average Bonchev–Trinajstić information content (AvgIpc) is 2.08. The molecule has 0 bridgehead atoms. The average molecular weight is 158 g/mol. The van der Waals surface area contributed by atoms with Gasteiger partial charge in [0.1, 0.15) is 0 Å². The van der Waals surface area contributed by atoms with Gasteiger partial charge in [0.15, 0.2) is 0 Å². The number of rotatable bonds is 6. The van der Waals surface area contributed by atoms with Crippen molar-refractivity contribution in [3.8, 4) is 0 Å². The molecular weight excluding hydrogens is 136 g/mol. The molecule has 0 saturated carbocycles. The van der Waals surface area contributed by atoms with Crippen LogP contribution < -0.4 is 11.3 Å². The van der Waals surface area contributed by atoms with E-state index in [0.717, 1.165) is 12.8 Å². The summed E-state index contributed by atoms with van der Waals surface area (Å²) in [7, 11) is 0. The Labute approximate surface area is 70.5 Å². The normalized spacial score (nSPS) is 12.0. The summed E-state index contributed by atoms with van der Waals surface area (Å²) in [6, 6.07) is 0. The highest BCUT2D eigenvalue weighted by Crippen LogP contribution is 2.20. The van der Waals surface area contributed by atoms with E-state index >= 15 is 0 Å². The van der Waals surface area contributed by atoms with Crippen molar-refractivity contribution in [2.45, 2.75) is 58.4 Å².